The van der Waals surface area contributed by atoms with Gasteiger partial charge in [-0.05, 0) is 0 Å². The molecule has 8 nitrogen and oxygen atoms in total. The van der Waals surface area contributed by atoms with E-state index in [4.69, 9.17) is 4.52 Å². The van der Waals surface area contributed by atoms with Crippen LogP contribution in [-0.4, -0.2) is 19.9 Å². The van der Waals surface area contributed by atoms with Crippen molar-refractivity contribution < 1.29 is 9.45 Å². The summed E-state index contributed by atoms with van der Waals surface area (Å²) < 4.78 is 6.19. The lowest BCUT2D eigenvalue weighted by atomic mass is 10.1. The van der Waals surface area contributed by atoms with Crippen LogP contribution in [0.15, 0.2) is 16.9 Å². The summed E-state index contributed by atoms with van der Waals surface area (Å²) in [4.78, 5) is 10.8. The molecule has 0 bridgehead atoms. The summed E-state index contributed by atoms with van der Waals surface area (Å²) in [7, 11) is 1.67. The van der Waals surface area contributed by atoms with Crippen LogP contribution in [0.2, 0.25) is 0 Å². The van der Waals surface area contributed by atoms with E-state index in [0.717, 1.165) is 0 Å². The summed E-state index contributed by atoms with van der Waals surface area (Å²) >= 11 is 0. The highest BCUT2D eigenvalue weighted by Gasteiger charge is 2.28. The van der Waals surface area contributed by atoms with Crippen LogP contribution in [0.25, 0.3) is 0 Å². The summed E-state index contributed by atoms with van der Waals surface area (Å²) in [5.41, 5.74) is 1.15. The first kappa shape index (κ1) is 13.1. The first-order chi connectivity index (χ1) is 9.00. The Bertz CT molecular complexity index is 573. The van der Waals surface area contributed by atoms with E-state index in [-0.39, 0.29) is 11.6 Å². The van der Waals surface area contributed by atoms with E-state index in [0.29, 0.717) is 23.8 Å². The van der Waals surface area contributed by atoms with Crippen LogP contribution in [0.3, 0.4) is 0 Å². The van der Waals surface area contributed by atoms with E-state index in [1.165, 1.54) is 10.9 Å². The molecule has 1 N–H and O–H groups in total. The van der Waals surface area contributed by atoms with E-state index in [1.54, 1.807) is 13.1 Å². The Balaban J connectivity index is 2.30. The second kappa shape index (κ2) is 5.09. The minimum absolute atomic E-state index is 0.0148. The summed E-state index contributed by atoms with van der Waals surface area (Å²) in [6.45, 7) is 4.09. The van der Waals surface area contributed by atoms with Gasteiger partial charge in [-0.2, -0.15) is 5.10 Å². The van der Waals surface area contributed by atoms with Gasteiger partial charge in [0.05, 0.1) is 11.5 Å². The number of rotatable bonds is 5. The Morgan fingerprint density at radius 1 is 1.58 bits per heavy atom. The van der Waals surface area contributed by atoms with Crippen molar-refractivity contribution in [3.05, 3.63) is 33.8 Å². The number of aryl methyl sites for hydroxylation is 1. The number of nitrogens with zero attached hydrogens (tertiary/aromatic N) is 4. The SMILES string of the molecule is CC(C)c1nn(C)c(NCc2ccon2)c1[N+](=O)[O-]. The highest BCUT2D eigenvalue weighted by molar-refractivity contribution is 5.60. The lowest BCUT2D eigenvalue weighted by molar-refractivity contribution is -0.384. The van der Waals surface area contributed by atoms with Crippen LogP contribution in [0.1, 0.15) is 31.2 Å². The van der Waals surface area contributed by atoms with Crippen molar-refractivity contribution in [3.8, 4) is 0 Å². The number of hydrogen-bond acceptors (Lipinski definition) is 6. The third-order valence-electron chi connectivity index (χ3n) is 2.71. The fraction of sp³-hybridized carbons (Fsp3) is 0.455. The first-order valence-electron chi connectivity index (χ1n) is 5.85. The third kappa shape index (κ3) is 2.56. The minimum Gasteiger partial charge on any atom is -0.364 e. The summed E-state index contributed by atoms with van der Waals surface area (Å²) in [5, 5.41) is 22.1. The van der Waals surface area contributed by atoms with E-state index in [1.807, 2.05) is 13.8 Å². The summed E-state index contributed by atoms with van der Waals surface area (Å²) in [5.74, 6) is 0.353. The topological polar surface area (TPSA) is 99.0 Å². The predicted octanol–water partition coefficient (Wildman–Crippen LogP) is 2.05. The second-order valence-electron chi connectivity index (χ2n) is 4.46. The molecule has 19 heavy (non-hydrogen) atoms. The number of nitro groups is 1. The molecule has 8 heteroatoms. The molecule has 0 aliphatic heterocycles. The Labute approximate surface area is 109 Å². The standard InChI is InChI=1S/C11H15N5O3/c1-7(2)9-10(16(17)18)11(15(3)13-9)12-6-8-4-5-19-14-8/h4-5,7,12H,6H2,1-3H3. The van der Waals surface area contributed by atoms with Crippen LogP contribution < -0.4 is 5.32 Å². The van der Waals surface area contributed by atoms with Crippen LogP contribution in [0.4, 0.5) is 11.5 Å². The zero-order valence-corrected chi connectivity index (χ0v) is 11.0. The molecule has 0 aliphatic carbocycles. The van der Waals surface area contributed by atoms with E-state index < -0.39 is 4.92 Å². The predicted molar refractivity (Wildman–Crippen MR) is 67.8 cm³/mol. The Morgan fingerprint density at radius 3 is 2.84 bits per heavy atom. The van der Waals surface area contributed by atoms with Crippen LogP contribution in [0.5, 0.6) is 0 Å². The van der Waals surface area contributed by atoms with Gasteiger partial charge in [0.25, 0.3) is 0 Å². The van der Waals surface area contributed by atoms with Crippen molar-refractivity contribution in [2.24, 2.45) is 7.05 Å². The Kier molecular flexibility index (Phi) is 3.50. The van der Waals surface area contributed by atoms with Crippen LogP contribution >= 0.6 is 0 Å². The maximum absolute atomic E-state index is 11.2. The van der Waals surface area contributed by atoms with Crippen molar-refractivity contribution >= 4 is 11.5 Å². The number of hydrogen-bond donors (Lipinski definition) is 1. The van der Waals surface area contributed by atoms with Gasteiger partial charge in [0, 0.05) is 19.0 Å². The van der Waals surface area contributed by atoms with Crippen molar-refractivity contribution in [2.45, 2.75) is 26.3 Å². The van der Waals surface area contributed by atoms with Crippen molar-refractivity contribution in [1.82, 2.24) is 14.9 Å². The van der Waals surface area contributed by atoms with Crippen LogP contribution in [-0.2, 0) is 13.6 Å². The lowest BCUT2D eigenvalue weighted by Gasteiger charge is -2.03. The summed E-state index contributed by atoms with van der Waals surface area (Å²) in [6, 6.07) is 1.69. The molecule has 2 aromatic heterocycles. The molecule has 0 radical (unpaired) electrons. The minimum atomic E-state index is -0.409. The fourth-order valence-electron chi connectivity index (χ4n) is 1.80. The number of anilines is 1. The molecule has 0 atom stereocenters. The van der Waals surface area contributed by atoms with Gasteiger partial charge < -0.3 is 9.84 Å². The zero-order chi connectivity index (χ0) is 14.0. The van der Waals surface area contributed by atoms with Gasteiger partial charge in [-0.15, -0.1) is 0 Å². The molecule has 2 aromatic rings. The third-order valence-corrected chi connectivity index (χ3v) is 2.71. The lowest BCUT2D eigenvalue weighted by Crippen LogP contribution is -2.06. The van der Waals surface area contributed by atoms with Crippen molar-refractivity contribution in [1.29, 1.82) is 0 Å². The first-order valence-corrected chi connectivity index (χ1v) is 5.85. The average molecular weight is 265 g/mol. The van der Waals surface area contributed by atoms with Gasteiger partial charge in [-0.3, -0.25) is 10.1 Å². The molecular formula is C11H15N5O3. The zero-order valence-electron chi connectivity index (χ0n) is 11.0. The summed E-state index contributed by atoms with van der Waals surface area (Å²) in [6.07, 6.45) is 1.45. The molecule has 0 spiro atoms. The molecule has 0 unspecified atom stereocenters. The molecule has 0 fully saturated rings. The number of aromatic nitrogens is 3. The molecule has 0 saturated carbocycles. The quantitative estimate of drug-likeness (QED) is 0.656. The van der Waals surface area contributed by atoms with E-state index in [2.05, 4.69) is 15.6 Å². The molecule has 0 saturated heterocycles. The van der Waals surface area contributed by atoms with Gasteiger partial charge in [0.1, 0.15) is 17.7 Å². The fourth-order valence-corrected chi connectivity index (χ4v) is 1.80. The highest BCUT2D eigenvalue weighted by Crippen LogP contribution is 2.32. The Morgan fingerprint density at radius 2 is 2.32 bits per heavy atom. The van der Waals surface area contributed by atoms with E-state index >= 15 is 0 Å². The molecular weight excluding hydrogens is 250 g/mol. The molecule has 0 aliphatic rings. The molecule has 0 amide bonds. The number of nitrogens with one attached hydrogen (secondary N) is 1. The smallest absolute Gasteiger partial charge is 0.334 e. The largest absolute Gasteiger partial charge is 0.364 e. The Hall–Kier alpha value is -2.38. The van der Waals surface area contributed by atoms with E-state index in [9.17, 15) is 10.1 Å². The van der Waals surface area contributed by atoms with Gasteiger partial charge in [-0.25, -0.2) is 4.68 Å². The maximum atomic E-state index is 11.2. The van der Waals surface area contributed by atoms with Crippen LogP contribution in [0, 0.1) is 10.1 Å². The average Bonchev–Trinajstić information content (AvgIpc) is 2.93. The van der Waals surface area contributed by atoms with Gasteiger partial charge in [0.2, 0.25) is 5.82 Å². The van der Waals surface area contributed by atoms with Crippen molar-refractivity contribution in [3.63, 3.8) is 0 Å². The van der Waals surface area contributed by atoms with Crippen molar-refractivity contribution in [2.75, 3.05) is 5.32 Å². The van der Waals surface area contributed by atoms with Gasteiger partial charge in [0.15, 0.2) is 0 Å². The van der Waals surface area contributed by atoms with Gasteiger partial charge in [-0.1, -0.05) is 19.0 Å². The second-order valence-corrected chi connectivity index (χ2v) is 4.46. The van der Waals surface area contributed by atoms with Gasteiger partial charge >= 0.3 is 5.69 Å². The highest BCUT2D eigenvalue weighted by atomic mass is 16.6. The normalized spacial score (nSPS) is 10.9. The maximum Gasteiger partial charge on any atom is 0.334 e. The molecule has 2 rings (SSSR count). The molecule has 0 aromatic carbocycles. The molecule has 102 valence electrons. The monoisotopic (exact) mass is 265 g/mol. The molecule has 2 heterocycles.